The molecule has 0 aromatic rings. The molecule has 0 nitrogen and oxygen atoms in total. The highest BCUT2D eigenvalue weighted by Gasteiger charge is 2.38. The Labute approximate surface area is 157 Å². The van der Waals surface area contributed by atoms with Crippen molar-refractivity contribution in [3.63, 3.8) is 0 Å². The Hall–Kier alpha value is -0.0700. The van der Waals surface area contributed by atoms with E-state index in [9.17, 15) is 0 Å². The van der Waals surface area contributed by atoms with Gasteiger partial charge in [-0.2, -0.15) is 0 Å². The van der Waals surface area contributed by atoms with E-state index in [1.807, 2.05) is 0 Å². The standard InChI is InChI=1S/C24H45F/c1-3-5-7-8-10-18-24(25)19-16-23(17-20-24)22-14-12-21(13-15-22)11-9-6-4-2/h21-23H,3-20H2,1-2H3/t21-,22-,23?,24?. The summed E-state index contributed by atoms with van der Waals surface area (Å²) in [5.74, 6) is 2.78. The summed E-state index contributed by atoms with van der Waals surface area (Å²) in [7, 11) is 0. The molecule has 2 rings (SSSR count). The molecule has 0 unspecified atom stereocenters. The van der Waals surface area contributed by atoms with Gasteiger partial charge in [-0.25, -0.2) is 4.39 Å². The highest BCUT2D eigenvalue weighted by molar-refractivity contribution is 4.89. The lowest BCUT2D eigenvalue weighted by Gasteiger charge is -2.40. The number of unbranched alkanes of at least 4 members (excludes halogenated alkanes) is 6. The minimum absolute atomic E-state index is 0.805. The Kier molecular flexibility index (Phi) is 9.85. The highest BCUT2D eigenvalue weighted by Crippen LogP contribution is 2.45. The Morgan fingerprint density at radius 3 is 1.88 bits per heavy atom. The Bertz CT molecular complexity index is 321. The van der Waals surface area contributed by atoms with Gasteiger partial charge >= 0.3 is 0 Å². The second kappa shape index (κ2) is 11.6. The van der Waals surface area contributed by atoms with Crippen LogP contribution in [0, 0.1) is 17.8 Å². The van der Waals surface area contributed by atoms with E-state index in [1.165, 1.54) is 89.9 Å². The van der Waals surface area contributed by atoms with Crippen LogP contribution in [-0.4, -0.2) is 5.67 Å². The molecule has 0 heterocycles. The molecular weight excluding hydrogens is 307 g/mol. The van der Waals surface area contributed by atoms with Gasteiger partial charge in [0.25, 0.3) is 0 Å². The maximum absolute atomic E-state index is 15.1. The second-order valence-electron chi connectivity index (χ2n) is 9.43. The van der Waals surface area contributed by atoms with Crippen LogP contribution in [0.5, 0.6) is 0 Å². The van der Waals surface area contributed by atoms with Gasteiger partial charge in [-0.05, 0) is 62.7 Å². The summed E-state index contributed by atoms with van der Waals surface area (Å²) in [5.41, 5.74) is -0.805. The third kappa shape index (κ3) is 7.59. The Balaban J connectivity index is 1.60. The molecule has 2 aliphatic carbocycles. The zero-order valence-electron chi connectivity index (χ0n) is 17.3. The summed E-state index contributed by atoms with van der Waals surface area (Å²) in [5, 5.41) is 0. The van der Waals surface area contributed by atoms with Crippen LogP contribution in [-0.2, 0) is 0 Å². The predicted molar refractivity (Wildman–Crippen MR) is 109 cm³/mol. The largest absolute Gasteiger partial charge is 0.244 e. The fraction of sp³-hybridized carbons (Fsp3) is 1.00. The SMILES string of the molecule is CCCCCCCC1(F)CCC([C@H]2CC[C@H](CCCCC)CC2)CC1. The van der Waals surface area contributed by atoms with Crippen LogP contribution in [0.15, 0.2) is 0 Å². The van der Waals surface area contributed by atoms with Crippen LogP contribution in [0.25, 0.3) is 0 Å². The molecular formula is C24H45F. The predicted octanol–water partition coefficient (Wildman–Crippen LogP) is 8.63. The molecule has 0 spiro atoms. The molecule has 0 atom stereocenters. The van der Waals surface area contributed by atoms with Crippen molar-refractivity contribution >= 4 is 0 Å². The van der Waals surface area contributed by atoms with Gasteiger partial charge in [0, 0.05) is 0 Å². The van der Waals surface area contributed by atoms with Gasteiger partial charge < -0.3 is 0 Å². The third-order valence-electron chi connectivity index (χ3n) is 7.43. The minimum Gasteiger partial charge on any atom is -0.244 e. The van der Waals surface area contributed by atoms with Crippen LogP contribution in [0.2, 0.25) is 0 Å². The summed E-state index contributed by atoms with van der Waals surface area (Å²) in [6.07, 6.45) is 22.7. The molecule has 0 bridgehead atoms. The Morgan fingerprint density at radius 2 is 1.24 bits per heavy atom. The molecule has 2 aliphatic rings. The van der Waals surface area contributed by atoms with Crippen molar-refractivity contribution in [1.29, 1.82) is 0 Å². The van der Waals surface area contributed by atoms with E-state index in [2.05, 4.69) is 13.8 Å². The highest BCUT2D eigenvalue weighted by atomic mass is 19.1. The van der Waals surface area contributed by atoms with E-state index in [4.69, 9.17) is 0 Å². The van der Waals surface area contributed by atoms with Gasteiger partial charge in [-0.3, -0.25) is 0 Å². The van der Waals surface area contributed by atoms with E-state index in [0.29, 0.717) is 0 Å². The molecule has 0 aromatic carbocycles. The summed E-state index contributed by atoms with van der Waals surface area (Å²) < 4.78 is 15.1. The monoisotopic (exact) mass is 352 g/mol. The molecule has 2 saturated carbocycles. The van der Waals surface area contributed by atoms with E-state index in [1.54, 1.807) is 0 Å². The van der Waals surface area contributed by atoms with Crippen LogP contribution in [0.1, 0.15) is 129 Å². The molecule has 148 valence electrons. The van der Waals surface area contributed by atoms with Gasteiger partial charge in [0.2, 0.25) is 0 Å². The molecule has 25 heavy (non-hydrogen) atoms. The molecule has 0 aliphatic heterocycles. The number of alkyl halides is 1. The fourth-order valence-electron chi connectivity index (χ4n) is 5.56. The third-order valence-corrected chi connectivity index (χ3v) is 7.43. The summed E-state index contributed by atoms with van der Waals surface area (Å²) in [6, 6.07) is 0. The lowest BCUT2D eigenvalue weighted by Crippen LogP contribution is -2.33. The molecule has 2 fully saturated rings. The first-order valence-corrected chi connectivity index (χ1v) is 11.9. The molecule has 0 saturated heterocycles. The summed E-state index contributed by atoms with van der Waals surface area (Å²) >= 11 is 0. The molecule has 0 aromatic heterocycles. The van der Waals surface area contributed by atoms with Crippen molar-refractivity contribution in [2.75, 3.05) is 0 Å². The number of hydrogen-bond acceptors (Lipinski definition) is 0. The molecule has 0 amide bonds. The van der Waals surface area contributed by atoms with Crippen LogP contribution < -0.4 is 0 Å². The van der Waals surface area contributed by atoms with Gasteiger partial charge in [0.1, 0.15) is 5.67 Å². The number of halogens is 1. The number of hydrogen-bond donors (Lipinski definition) is 0. The average molecular weight is 353 g/mol. The lowest BCUT2D eigenvalue weighted by atomic mass is 9.67. The van der Waals surface area contributed by atoms with Crippen molar-refractivity contribution in [2.45, 2.75) is 135 Å². The maximum Gasteiger partial charge on any atom is 0.111 e. The van der Waals surface area contributed by atoms with Crippen LogP contribution in [0.4, 0.5) is 4.39 Å². The second-order valence-corrected chi connectivity index (χ2v) is 9.43. The quantitative estimate of drug-likeness (QED) is 0.326. The molecule has 0 radical (unpaired) electrons. The van der Waals surface area contributed by atoms with Crippen molar-refractivity contribution in [2.24, 2.45) is 17.8 Å². The van der Waals surface area contributed by atoms with Gasteiger partial charge in [-0.15, -0.1) is 0 Å². The first kappa shape index (κ1) is 21.2. The molecule has 1 heteroatoms. The smallest absolute Gasteiger partial charge is 0.111 e. The first-order chi connectivity index (χ1) is 12.2. The summed E-state index contributed by atoms with van der Waals surface area (Å²) in [4.78, 5) is 0. The molecule has 0 N–H and O–H groups in total. The van der Waals surface area contributed by atoms with Crippen molar-refractivity contribution in [3.8, 4) is 0 Å². The average Bonchev–Trinajstić information content (AvgIpc) is 2.63. The van der Waals surface area contributed by atoms with E-state index in [-0.39, 0.29) is 0 Å². The van der Waals surface area contributed by atoms with Crippen molar-refractivity contribution in [1.82, 2.24) is 0 Å². The van der Waals surface area contributed by atoms with Crippen LogP contribution >= 0.6 is 0 Å². The van der Waals surface area contributed by atoms with E-state index >= 15 is 4.39 Å². The van der Waals surface area contributed by atoms with E-state index < -0.39 is 5.67 Å². The minimum atomic E-state index is -0.805. The van der Waals surface area contributed by atoms with Crippen LogP contribution in [0.3, 0.4) is 0 Å². The lowest BCUT2D eigenvalue weighted by molar-refractivity contribution is 0.0455. The number of rotatable bonds is 11. The van der Waals surface area contributed by atoms with Crippen molar-refractivity contribution in [3.05, 3.63) is 0 Å². The zero-order chi connectivity index (χ0) is 18.0. The zero-order valence-corrected chi connectivity index (χ0v) is 17.3. The first-order valence-electron chi connectivity index (χ1n) is 11.9. The van der Waals surface area contributed by atoms with E-state index in [0.717, 1.165) is 43.4 Å². The van der Waals surface area contributed by atoms with Gasteiger partial charge in [-0.1, -0.05) is 84.5 Å². The summed E-state index contributed by atoms with van der Waals surface area (Å²) in [6.45, 7) is 4.55. The fourth-order valence-corrected chi connectivity index (χ4v) is 5.56. The Morgan fingerprint density at radius 1 is 0.680 bits per heavy atom. The normalized spacial score (nSPS) is 33.5. The maximum atomic E-state index is 15.1. The van der Waals surface area contributed by atoms with Gasteiger partial charge in [0.15, 0.2) is 0 Å². The topological polar surface area (TPSA) is 0 Å². The van der Waals surface area contributed by atoms with Crippen molar-refractivity contribution < 1.29 is 4.39 Å². The van der Waals surface area contributed by atoms with Gasteiger partial charge in [0.05, 0.1) is 0 Å².